The van der Waals surface area contributed by atoms with Gasteiger partial charge in [0, 0.05) is 18.8 Å². The van der Waals surface area contributed by atoms with Gasteiger partial charge < -0.3 is 10.0 Å². The summed E-state index contributed by atoms with van der Waals surface area (Å²) in [6, 6.07) is 9.87. The Hall–Kier alpha value is -2.54. The minimum absolute atomic E-state index is 0.270. The molecule has 0 radical (unpaired) electrons. The zero-order valence-corrected chi connectivity index (χ0v) is 14.5. The van der Waals surface area contributed by atoms with Gasteiger partial charge in [-0.05, 0) is 36.6 Å². The predicted molar refractivity (Wildman–Crippen MR) is 98.8 cm³/mol. The third kappa shape index (κ3) is 6.70. The number of benzene rings is 1. The smallest absolute Gasteiger partial charge is 0.346 e. The molecule has 1 rings (SSSR count). The Morgan fingerprint density at radius 2 is 1.75 bits per heavy atom. The summed E-state index contributed by atoms with van der Waals surface area (Å²) in [4.78, 5) is 13.2. The second-order valence-electron chi connectivity index (χ2n) is 5.64. The summed E-state index contributed by atoms with van der Waals surface area (Å²) >= 11 is 0. The van der Waals surface area contributed by atoms with Crippen LogP contribution in [0.5, 0.6) is 0 Å². The number of aliphatic carboxylic acids is 1. The maximum absolute atomic E-state index is 10.7. The van der Waals surface area contributed by atoms with Gasteiger partial charge in [0.15, 0.2) is 0 Å². The van der Waals surface area contributed by atoms with Gasteiger partial charge in [-0.1, -0.05) is 51.0 Å². The number of hydrogen-bond donors (Lipinski definition) is 1. The van der Waals surface area contributed by atoms with Crippen molar-refractivity contribution < 1.29 is 9.90 Å². The molecule has 4 nitrogen and oxygen atoms in total. The maximum atomic E-state index is 10.7. The van der Waals surface area contributed by atoms with Crippen LogP contribution in [0.15, 0.2) is 42.0 Å². The molecule has 0 aliphatic carbocycles. The highest BCUT2D eigenvalue weighted by Gasteiger charge is 2.05. The van der Waals surface area contributed by atoms with Crippen molar-refractivity contribution in [2.45, 2.75) is 39.5 Å². The Bertz CT molecular complexity index is 602. The van der Waals surface area contributed by atoms with Gasteiger partial charge in [-0.15, -0.1) is 0 Å². The van der Waals surface area contributed by atoms with Crippen molar-refractivity contribution in [3.63, 3.8) is 0 Å². The second kappa shape index (κ2) is 11.1. The van der Waals surface area contributed by atoms with Crippen LogP contribution in [0.25, 0.3) is 6.08 Å². The summed E-state index contributed by atoms with van der Waals surface area (Å²) in [5.74, 6) is -1.21. The van der Waals surface area contributed by atoms with Gasteiger partial charge in [-0.2, -0.15) is 5.26 Å². The monoisotopic (exact) mass is 326 g/mol. The second-order valence-corrected chi connectivity index (χ2v) is 5.64. The summed E-state index contributed by atoms with van der Waals surface area (Å²) in [5.41, 5.74) is 1.92. The van der Waals surface area contributed by atoms with E-state index < -0.39 is 5.97 Å². The molecule has 0 atom stereocenters. The van der Waals surface area contributed by atoms with Crippen molar-refractivity contribution in [1.82, 2.24) is 0 Å². The molecule has 1 aromatic carbocycles. The van der Waals surface area contributed by atoms with Crippen molar-refractivity contribution in [2.75, 3.05) is 18.0 Å². The molecule has 0 fully saturated rings. The van der Waals surface area contributed by atoms with Gasteiger partial charge in [0.25, 0.3) is 0 Å². The Morgan fingerprint density at radius 3 is 2.21 bits per heavy atom. The summed E-state index contributed by atoms with van der Waals surface area (Å²) in [6.07, 6.45) is 9.43. The number of allylic oxidation sites excluding steroid dienone is 2. The van der Waals surface area contributed by atoms with Crippen LogP contribution in [0.4, 0.5) is 5.69 Å². The molecular formula is C20H26N2O2. The van der Waals surface area contributed by atoms with E-state index in [1.165, 1.54) is 37.4 Å². The van der Waals surface area contributed by atoms with E-state index in [1.54, 1.807) is 18.2 Å². The zero-order chi connectivity index (χ0) is 17.8. The average molecular weight is 326 g/mol. The SMILES string of the molecule is CCCCN(CCCC)c1ccc(C=CC=C(C#N)C(=O)O)cc1. The fourth-order valence-electron chi connectivity index (χ4n) is 2.28. The first kappa shape index (κ1) is 19.5. The number of anilines is 1. The van der Waals surface area contributed by atoms with Crippen LogP contribution in [0, 0.1) is 11.3 Å². The number of unbranched alkanes of at least 4 members (excludes halogenated alkanes) is 2. The normalized spacial score (nSPS) is 11.5. The lowest BCUT2D eigenvalue weighted by molar-refractivity contribution is -0.132. The number of rotatable bonds is 10. The third-order valence-corrected chi connectivity index (χ3v) is 3.72. The standard InChI is InChI=1S/C20H26N2O2/c1-3-5-14-22(15-6-4-2)19-12-10-17(11-13-19)8-7-9-18(16-21)20(23)24/h7-13H,3-6,14-15H2,1-2H3,(H,23,24). The van der Waals surface area contributed by atoms with Crippen LogP contribution < -0.4 is 4.90 Å². The number of carboxylic acids is 1. The molecule has 1 aromatic rings. The van der Waals surface area contributed by atoms with Gasteiger partial charge >= 0.3 is 5.97 Å². The van der Waals surface area contributed by atoms with Crippen LogP contribution in [-0.2, 0) is 4.79 Å². The Labute approximate surface area is 144 Å². The average Bonchev–Trinajstić information content (AvgIpc) is 2.59. The Morgan fingerprint density at radius 1 is 1.17 bits per heavy atom. The zero-order valence-electron chi connectivity index (χ0n) is 14.5. The minimum atomic E-state index is -1.21. The first-order chi connectivity index (χ1) is 11.6. The molecule has 4 heteroatoms. The van der Waals surface area contributed by atoms with Gasteiger partial charge in [0.2, 0.25) is 0 Å². The Kier molecular flexibility index (Phi) is 8.99. The van der Waals surface area contributed by atoms with Crippen LogP contribution in [0.1, 0.15) is 45.1 Å². The number of carboxylic acid groups (broad SMARTS) is 1. The fraction of sp³-hybridized carbons (Fsp3) is 0.400. The predicted octanol–water partition coefficient (Wildman–Crippen LogP) is 4.64. The molecule has 0 heterocycles. The molecular weight excluding hydrogens is 300 g/mol. The van der Waals surface area contributed by atoms with Crippen LogP contribution in [0.3, 0.4) is 0 Å². The summed E-state index contributed by atoms with van der Waals surface area (Å²) in [7, 11) is 0. The molecule has 0 aromatic heterocycles. The van der Waals surface area contributed by atoms with E-state index in [0.717, 1.165) is 18.7 Å². The first-order valence-corrected chi connectivity index (χ1v) is 8.49. The van der Waals surface area contributed by atoms with E-state index in [1.807, 2.05) is 12.1 Å². The highest BCUT2D eigenvalue weighted by Crippen LogP contribution is 2.18. The number of carbonyl (C=O) groups is 1. The van der Waals surface area contributed by atoms with E-state index in [2.05, 4.69) is 30.9 Å². The molecule has 0 spiro atoms. The summed E-state index contributed by atoms with van der Waals surface area (Å²) in [5, 5.41) is 17.5. The number of nitriles is 1. The van der Waals surface area contributed by atoms with Crippen molar-refractivity contribution >= 4 is 17.7 Å². The third-order valence-electron chi connectivity index (χ3n) is 3.72. The molecule has 0 unspecified atom stereocenters. The fourth-order valence-corrected chi connectivity index (χ4v) is 2.28. The van der Waals surface area contributed by atoms with Gasteiger partial charge in [-0.25, -0.2) is 4.79 Å². The lowest BCUT2D eigenvalue weighted by Gasteiger charge is -2.24. The molecule has 0 bridgehead atoms. The van der Waals surface area contributed by atoms with Crippen LogP contribution in [-0.4, -0.2) is 24.2 Å². The topological polar surface area (TPSA) is 64.3 Å². The lowest BCUT2D eigenvalue weighted by Crippen LogP contribution is -2.25. The van der Waals surface area contributed by atoms with Crippen molar-refractivity contribution in [3.8, 4) is 6.07 Å². The van der Waals surface area contributed by atoms with Gasteiger partial charge in [0.1, 0.15) is 11.6 Å². The highest BCUT2D eigenvalue weighted by molar-refractivity contribution is 5.91. The van der Waals surface area contributed by atoms with Crippen LogP contribution >= 0.6 is 0 Å². The first-order valence-electron chi connectivity index (χ1n) is 8.49. The molecule has 0 saturated heterocycles. The highest BCUT2D eigenvalue weighted by atomic mass is 16.4. The van der Waals surface area contributed by atoms with E-state index in [-0.39, 0.29) is 5.57 Å². The number of hydrogen-bond acceptors (Lipinski definition) is 3. The van der Waals surface area contributed by atoms with E-state index in [9.17, 15) is 4.79 Å². The number of nitrogens with zero attached hydrogens (tertiary/aromatic N) is 2. The molecule has 1 N–H and O–H groups in total. The minimum Gasteiger partial charge on any atom is -0.477 e. The molecule has 0 amide bonds. The van der Waals surface area contributed by atoms with Crippen molar-refractivity contribution in [1.29, 1.82) is 5.26 Å². The molecule has 0 saturated carbocycles. The maximum Gasteiger partial charge on any atom is 0.346 e. The molecule has 128 valence electrons. The molecule has 24 heavy (non-hydrogen) atoms. The Balaban J connectivity index is 2.79. The quantitative estimate of drug-likeness (QED) is 0.386. The largest absolute Gasteiger partial charge is 0.477 e. The van der Waals surface area contributed by atoms with Gasteiger partial charge in [0.05, 0.1) is 0 Å². The van der Waals surface area contributed by atoms with Crippen molar-refractivity contribution in [3.05, 3.63) is 47.6 Å². The van der Waals surface area contributed by atoms with Crippen LogP contribution in [0.2, 0.25) is 0 Å². The van der Waals surface area contributed by atoms with E-state index >= 15 is 0 Å². The van der Waals surface area contributed by atoms with Gasteiger partial charge in [-0.3, -0.25) is 0 Å². The lowest BCUT2D eigenvalue weighted by atomic mass is 10.1. The van der Waals surface area contributed by atoms with E-state index in [4.69, 9.17) is 10.4 Å². The molecule has 0 aliphatic rings. The summed E-state index contributed by atoms with van der Waals surface area (Å²) in [6.45, 7) is 6.54. The summed E-state index contributed by atoms with van der Waals surface area (Å²) < 4.78 is 0. The van der Waals surface area contributed by atoms with Crippen molar-refractivity contribution in [2.24, 2.45) is 0 Å². The molecule has 0 aliphatic heterocycles. The van der Waals surface area contributed by atoms with E-state index in [0.29, 0.717) is 0 Å².